The first-order valence-electron chi connectivity index (χ1n) is 10.6. The smallest absolute Gasteiger partial charge is 0.324 e. The molecule has 0 spiro atoms. The Morgan fingerprint density at radius 2 is 1.79 bits per heavy atom. The zero-order valence-corrected chi connectivity index (χ0v) is 19.9. The summed E-state index contributed by atoms with van der Waals surface area (Å²) in [4.78, 5) is 23.4. The topological polar surface area (TPSA) is 88.6 Å². The van der Waals surface area contributed by atoms with Crippen LogP contribution in [-0.4, -0.2) is 54.8 Å². The Hall–Kier alpha value is -2.81. The van der Waals surface area contributed by atoms with E-state index in [1.165, 1.54) is 6.33 Å². The predicted molar refractivity (Wildman–Crippen MR) is 131 cm³/mol. The van der Waals surface area contributed by atoms with Gasteiger partial charge >= 0.3 is 6.03 Å². The Bertz CT molecular complexity index is 1130. The number of urea groups is 1. The van der Waals surface area contributed by atoms with E-state index in [1.807, 2.05) is 6.07 Å². The molecule has 0 radical (unpaired) electrons. The van der Waals surface area contributed by atoms with Crippen molar-refractivity contribution in [1.82, 2.24) is 14.9 Å². The average molecular weight is 490 g/mol. The van der Waals surface area contributed by atoms with Crippen molar-refractivity contribution in [2.45, 2.75) is 12.8 Å². The van der Waals surface area contributed by atoms with Crippen molar-refractivity contribution in [1.29, 1.82) is 0 Å². The van der Waals surface area contributed by atoms with Crippen LogP contribution in [0.2, 0.25) is 10.0 Å². The van der Waals surface area contributed by atoms with Crippen molar-refractivity contribution in [3.05, 3.63) is 46.7 Å². The molecule has 0 aliphatic carbocycles. The van der Waals surface area contributed by atoms with Crippen molar-refractivity contribution in [2.75, 3.05) is 44.5 Å². The Labute approximate surface area is 202 Å². The van der Waals surface area contributed by atoms with E-state index in [-0.39, 0.29) is 0 Å². The number of nitrogens with zero attached hydrogens (tertiary/aromatic N) is 3. The standard InChI is InChI=1S/C23H25Cl2N5O3/c1-30-5-3-14(4-6-30)12-33-21-11-19-18(10-20(21)32-2)22(27-13-26-19)29-23(31)28-17-8-15(24)7-16(25)9-17/h7-11,13-14H,3-6,12H2,1-2H3,(H2,26,27,28,29,31). The summed E-state index contributed by atoms with van der Waals surface area (Å²) in [6, 6.07) is 7.87. The highest BCUT2D eigenvalue weighted by Crippen LogP contribution is 2.34. The fraction of sp³-hybridized carbons (Fsp3) is 0.348. The second-order valence-corrected chi connectivity index (χ2v) is 8.91. The largest absolute Gasteiger partial charge is 0.493 e. The zero-order valence-electron chi connectivity index (χ0n) is 18.4. The number of ether oxygens (including phenoxy) is 2. The minimum atomic E-state index is -0.491. The lowest BCUT2D eigenvalue weighted by molar-refractivity contribution is 0.157. The van der Waals surface area contributed by atoms with E-state index in [2.05, 4.69) is 32.5 Å². The number of nitrogens with one attached hydrogen (secondary N) is 2. The summed E-state index contributed by atoms with van der Waals surface area (Å²) < 4.78 is 11.7. The van der Waals surface area contributed by atoms with Crippen LogP contribution in [-0.2, 0) is 0 Å². The third-order valence-corrected chi connectivity index (χ3v) is 6.02. The summed E-state index contributed by atoms with van der Waals surface area (Å²) in [6.07, 6.45) is 3.60. The molecular weight excluding hydrogens is 465 g/mol. The van der Waals surface area contributed by atoms with E-state index in [1.54, 1.807) is 31.4 Å². The van der Waals surface area contributed by atoms with Crippen LogP contribution in [0.25, 0.3) is 10.9 Å². The lowest BCUT2D eigenvalue weighted by Gasteiger charge is -2.28. The van der Waals surface area contributed by atoms with Gasteiger partial charge in [0.15, 0.2) is 11.5 Å². The number of carbonyl (C=O) groups excluding carboxylic acids is 1. The van der Waals surface area contributed by atoms with Gasteiger partial charge in [-0.1, -0.05) is 23.2 Å². The lowest BCUT2D eigenvalue weighted by Crippen LogP contribution is -2.32. The third kappa shape index (κ3) is 5.96. The molecule has 3 aromatic rings. The number of methoxy groups -OCH3 is 1. The van der Waals surface area contributed by atoms with Crippen LogP contribution in [0, 0.1) is 5.92 Å². The van der Waals surface area contributed by atoms with E-state index in [0.717, 1.165) is 25.9 Å². The Morgan fingerprint density at radius 3 is 2.48 bits per heavy atom. The molecule has 2 aromatic carbocycles. The molecule has 1 saturated heterocycles. The number of fused-ring (bicyclic) bond motifs is 1. The van der Waals surface area contributed by atoms with Gasteiger partial charge in [0, 0.05) is 27.2 Å². The molecule has 0 unspecified atom stereocenters. The molecule has 2 amide bonds. The second kappa shape index (κ2) is 10.4. The molecule has 2 heterocycles. The molecule has 0 atom stereocenters. The van der Waals surface area contributed by atoms with Crippen molar-refractivity contribution < 1.29 is 14.3 Å². The van der Waals surface area contributed by atoms with Crippen LogP contribution >= 0.6 is 23.2 Å². The molecule has 1 aliphatic rings. The summed E-state index contributed by atoms with van der Waals surface area (Å²) in [6.45, 7) is 2.78. The van der Waals surface area contributed by atoms with Gasteiger partial charge in [0.25, 0.3) is 0 Å². The van der Waals surface area contributed by atoms with Gasteiger partial charge in [-0.05, 0) is 63.2 Å². The van der Waals surface area contributed by atoms with Crippen molar-refractivity contribution in [3.8, 4) is 11.5 Å². The van der Waals surface area contributed by atoms with Gasteiger partial charge in [0.1, 0.15) is 12.1 Å². The molecule has 174 valence electrons. The predicted octanol–water partition coefficient (Wildman–Crippen LogP) is 5.31. The molecule has 1 aromatic heterocycles. The molecule has 10 heteroatoms. The van der Waals surface area contributed by atoms with Gasteiger partial charge < -0.3 is 19.7 Å². The quantitative estimate of drug-likeness (QED) is 0.487. The summed E-state index contributed by atoms with van der Waals surface area (Å²) in [5.41, 5.74) is 1.09. The summed E-state index contributed by atoms with van der Waals surface area (Å²) in [5.74, 6) is 2.01. The molecule has 0 saturated carbocycles. The van der Waals surface area contributed by atoms with E-state index in [9.17, 15) is 4.79 Å². The number of halogens is 2. The number of carbonyl (C=O) groups is 1. The Balaban J connectivity index is 1.50. The fourth-order valence-corrected chi connectivity index (χ4v) is 4.29. The molecule has 2 N–H and O–H groups in total. The number of anilines is 2. The van der Waals surface area contributed by atoms with Gasteiger partial charge in [-0.15, -0.1) is 0 Å². The number of hydrogen-bond donors (Lipinski definition) is 2. The number of benzene rings is 2. The zero-order chi connectivity index (χ0) is 23.4. The molecule has 1 aliphatic heterocycles. The highest BCUT2D eigenvalue weighted by molar-refractivity contribution is 6.35. The monoisotopic (exact) mass is 489 g/mol. The van der Waals surface area contributed by atoms with Crippen molar-refractivity contribution >= 4 is 51.6 Å². The van der Waals surface area contributed by atoms with Gasteiger partial charge in [-0.2, -0.15) is 0 Å². The van der Waals surface area contributed by atoms with Gasteiger partial charge in [-0.25, -0.2) is 14.8 Å². The average Bonchev–Trinajstić information content (AvgIpc) is 2.77. The first-order valence-corrected chi connectivity index (χ1v) is 11.3. The van der Waals surface area contributed by atoms with Crippen molar-refractivity contribution in [2.24, 2.45) is 5.92 Å². The SMILES string of the molecule is COc1cc2c(NC(=O)Nc3cc(Cl)cc(Cl)c3)ncnc2cc1OCC1CCN(C)CC1. The summed E-state index contributed by atoms with van der Waals surface area (Å²) in [5, 5.41) is 6.90. The maximum absolute atomic E-state index is 12.5. The molecule has 4 rings (SSSR count). The Morgan fingerprint density at radius 1 is 1.06 bits per heavy atom. The van der Waals surface area contributed by atoms with Gasteiger partial charge in [-0.3, -0.25) is 5.32 Å². The van der Waals surface area contributed by atoms with Crippen LogP contribution in [0.3, 0.4) is 0 Å². The summed E-state index contributed by atoms with van der Waals surface area (Å²) in [7, 11) is 3.72. The number of piperidine rings is 1. The molecule has 8 nitrogen and oxygen atoms in total. The first kappa shape index (κ1) is 23.4. The molecule has 0 bridgehead atoms. The van der Waals surface area contributed by atoms with E-state index in [0.29, 0.717) is 56.5 Å². The number of aromatic nitrogens is 2. The molecule has 33 heavy (non-hydrogen) atoms. The van der Waals surface area contributed by atoms with Crippen LogP contribution < -0.4 is 20.1 Å². The highest BCUT2D eigenvalue weighted by atomic mass is 35.5. The third-order valence-electron chi connectivity index (χ3n) is 5.59. The Kier molecular flexibility index (Phi) is 7.37. The minimum absolute atomic E-state index is 0.339. The number of amides is 2. The summed E-state index contributed by atoms with van der Waals surface area (Å²) >= 11 is 12.0. The minimum Gasteiger partial charge on any atom is -0.493 e. The number of hydrogen-bond acceptors (Lipinski definition) is 6. The lowest BCUT2D eigenvalue weighted by atomic mass is 9.98. The van der Waals surface area contributed by atoms with E-state index in [4.69, 9.17) is 32.7 Å². The van der Waals surface area contributed by atoms with Gasteiger partial charge in [0.2, 0.25) is 0 Å². The highest BCUT2D eigenvalue weighted by Gasteiger charge is 2.19. The van der Waals surface area contributed by atoms with Gasteiger partial charge in [0.05, 0.1) is 19.2 Å². The fourth-order valence-electron chi connectivity index (χ4n) is 3.77. The van der Waals surface area contributed by atoms with E-state index < -0.39 is 6.03 Å². The molecular formula is C23H25Cl2N5O3. The normalized spacial score (nSPS) is 14.8. The number of likely N-dealkylation sites (tertiary alicyclic amines) is 1. The van der Waals surface area contributed by atoms with Crippen LogP contribution in [0.15, 0.2) is 36.7 Å². The first-order chi connectivity index (χ1) is 15.9. The van der Waals surface area contributed by atoms with Crippen LogP contribution in [0.5, 0.6) is 11.5 Å². The number of rotatable bonds is 6. The van der Waals surface area contributed by atoms with E-state index >= 15 is 0 Å². The van der Waals surface area contributed by atoms with Crippen LogP contribution in [0.1, 0.15) is 12.8 Å². The maximum Gasteiger partial charge on any atom is 0.324 e. The van der Waals surface area contributed by atoms with Crippen molar-refractivity contribution in [3.63, 3.8) is 0 Å². The van der Waals surface area contributed by atoms with Crippen LogP contribution in [0.4, 0.5) is 16.3 Å². The molecule has 1 fully saturated rings. The second-order valence-electron chi connectivity index (χ2n) is 8.04. The maximum atomic E-state index is 12.5.